The van der Waals surface area contributed by atoms with E-state index in [0.29, 0.717) is 6.42 Å². The highest BCUT2D eigenvalue weighted by molar-refractivity contribution is 7.17. The van der Waals surface area contributed by atoms with Crippen molar-refractivity contribution in [2.75, 3.05) is 0 Å². The number of nitrogens with zero attached hydrogens (tertiary/aromatic N) is 1. The second-order valence-corrected chi connectivity index (χ2v) is 4.98. The first-order valence-corrected chi connectivity index (χ1v) is 6.62. The predicted octanol–water partition coefficient (Wildman–Crippen LogP) is 3.72. The van der Waals surface area contributed by atoms with Gasteiger partial charge < -0.3 is 0 Å². The molecular weight excluding hydrogens is 242 g/mol. The summed E-state index contributed by atoms with van der Waals surface area (Å²) in [5.74, 6) is 0.131. The van der Waals surface area contributed by atoms with Gasteiger partial charge in [0.1, 0.15) is 0 Å². The van der Waals surface area contributed by atoms with E-state index in [0.717, 1.165) is 21.3 Å². The third kappa shape index (κ3) is 2.05. The van der Waals surface area contributed by atoms with Crippen LogP contribution in [0.5, 0.6) is 0 Å². The standard InChI is InChI=1S/C15H11NOS/c17-14(9-11-5-3-4-8-16-11)13-10-18-15-7-2-1-6-12(13)15/h1-8,10H,9H2. The van der Waals surface area contributed by atoms with Gasteiger partial charge in [0.15, 0.2) is 5.78 Å². The molecule has 0 atom stereocenters. The molecule has 2 aromatic heterocycles. The van der Waals surface area contributed by atoms with Crippen LogP contribution < -0.4 is 0 Å². The summed E-state index contributed by atoms with van der Waals surface area (Å²) in [6, 6.07) is 13.6. The fourth-order valence-electron chi connectivity index (χ4n) is 1.96. The number of fused-ring (bicyclic) bond motifs is 1. The molecule has 3 rings (SSSR count). The highest BCUT2D eigenvalue weighted by Gasteiger charge is 2.12. The molecule has 0 unspecified atom stereocenters. The minimum Gasteiger partial charge on any atom is -0.294 e. The molecule has 0 saturated heterocycles. The molecule has 0 saturated carbocycles. The first kappa shape index (κ1) is 11.1. The number of carbonyl (C=O) groups is 1. The number of aromatic nitrogens is 1. The van der Waals surface area contributed by atoms with Crippen LogP contribution in [0.3, 0.4) is 0 Å². The average molecular weight is 253 g/mol. The average Bonchev–Trinajstić information content (AvgIpc) is 2.84. The number of benzene rings is 1. The quantitative estimate of drug-likeness (QED) is 0.666. The molecule has 3 aromatic rings. The number of hydrogen-bond donors (Lipinski definition) is 0. The number of rotatable bonds is 3. The van der Waals surface area contributed by atoms with Crippen LogP contribution in [-0.2, 0) is 6.42 Å². The molecule has 3 heteroatoms. The zero-order valence-corrected chi connectivity index (χ0v) is 10.5. The van der Waals surface area contributed by atoms with Gasteiger partial charge in [0.05, 0.1) is 6.42 Å². The Morgan fingerprint density at radius 2 is 1.94 bits per heavy atom. The van der Waals surface area contributed by atoms with E-state index < -0.39 is 0 Å². The van der Waals surface area contributed by atoms with Crippen LogP contribution in [0.4, 0.5) is 0 Å². The maximum absolute atomic E-state index is 12.3. The summed E-state index contributed by atoms with van der Waals surface area (Å²) < 4.78 is 1.15. The minimum atomic E-state index is 0.131. The molecule has 0 N–H and O–H groups in total. The van der Waals surface area contributed by atoms with Gasteiger partial charge in [-0.3, -0.25) is 9.78 Å². The zero-order valence-electron chi connectivity index (χ0n) is 9.67. The number of hydrogen-bond acceptors (Lipinski definition) is 3. The number of carbonyl (C=O) groups excluding carboxylic acids is 1. The van der Waals surface area contributed by atoms with Crippen molar-refractivity contribution in [1.82, 2.24) is 4.98 Å². The zero-order chi connectivity index (χ0) is 12.4. The summed E-state index contributed by atoms with van der Waals surface area (Å²) in [6.07, 6.45) is 2.08. The highest BCUT2D eigenvalue weighted by Crippen LogP contribution is 2.26. The molecule has 2 heterocycles. The third-order valence-corrected chi connectivity index (χ3v) is 3.81. The molecule has 0 amide bonds. The van der Waals surface area contributed by atoms with Gasteiger partial charge in [0.25, 0.3) is 0 Å². The van der Waals surface area contributed by atoms with Gasteiger partial charge in [0, 0.05) is 32.9 Å². The molecule has 1 aromatic carbocycles. The van der Waals surface area contributed by atoms with Crippen LogP contribution in [0.1, 0.15) is 16.1 Å². The molecule has 0 radical (unpaired) electrons. The van der Waals surface area contributed by atoms with E-state index in [4.69, 9.17) is 0 Å². The van der Waals surface area contributed by atoms with Crippen LogP contribution in [0, 0.1) is 0 Å². The van der Waals surface area contributed by atoms with E-state index in [9.17, 15) is 4.79 Å². The molecule has 0 aliphatic heterocycles. The van der Waals surface area contributed by atoms with E-state index in [1.54, 1.807) is 17.5 Å². The second kappa shape index (κ2) is 4.70. The lowest BCUT2D eigenvalue weighted by molar-refractivity contribution is 0.0994. The van der Waals surface area contributed by atoms with Gasteiger partial charge in [-0.15, -0.1) is 11.3 Å². The maximum atomic E-state index is 12.3. The summed E-state index contributed by atoms with van der Waals surface area (Å²) >= 11 is 1.61. The topological polar surface area (TPSA) is 30.0 Å². The molecule has 0 bridgehead atoms. The van der Waals surface area contributed by atoms with Crippen molar-refractivity contribution in [2.24, 2.45) is 0 Å². The van der Waals surface area contributed by atoms with Crippen molar-refractivity contribution >= 4 is 27.2 Å². The Bertz CT molecular complexity index is 688. The number of thiophene rings is 1. The highest BCUT2D eigenvalue weighted by atomic mass is 32.1. The Labute approximate surface area is 109 Å². The lowest BCUT2D eigenvalue weighted by atomic mass is 10.1. The van der Waals surface area contributed by atoms with Gasteiger partial charge in [-0.1, -0.05) is 24.3 Å². The molecule has 0 aliphatic rings. The minimum absolute atomic E-state index is 0.131. The van der Waals surface area contributed by atoms with Crippen molar-refractivity contribution in [3.8, 4) is 0 Å². The SMILES string of the molecule is O=C(Cc1ccccn1)c1csc2ccccc12. The Morgan fingerprint density at radius 1 is 1.11 bits per heavy atom. The van der Waals surface area contributed by atoms with Crippen molar-refractivity contribution < 1.29 is 4.79 Å². The van der Waals surface area contributed by atoms with Gasteiger partial charge in [-0.25, -0.2) is 0 Å². The van der Waals surface area contributed by atoms with Crippen molar-refractivity contribution in [2.45, 2.75) is 6.42 Å². The summed E-state index contributed by atoms with van der Waals surface area (Å²) in [4.78, 5) is 16.4. The van der Waals surface area contributed by atoms with Crippen molar-refractivity contribution in [1.29, 1.82) is 0 Å². The molecule has 0 fully saturated rings. The molecule has 88 valence electrons. The number of ketones is 1. The monoisotopic (exact) mass is 253 g/mol. The summed E-state index contributed by atoms with van der Waals surface area (Å²) in [5.41, 5.74) is 1.62. The maximum Gasteiger partial charge on any atom is 0.170 e. The summed E-state index contributed by atoms with van der Waals surface area (Å²) in [7, 11) is 0. The fraction of sp³-hybridized carbons (Fsp3) is 0.0667. The van der Waals surface area contributed by atoms with Crippen molar-refractivity contribution in [3.05, 3.63) is 65.3 Å². The lowest BCUT2D eigenvalue weighted by Gasteiger charge is -1.99. The Hall–Kier alpha value is -2.00. The molecular formula is C15H11NOS. The van der Waals surface area contributed by atoms with Crippen molar-refractivity contribution in [3.63, 3.8) is 0 Å². The predicted molar refractivity (Wildman–Crippen MR) is 74.1 cm³/mol. The van der Waals surface area contributed by atoms with Crippen LogP contribution in [0.25, 0.3) is 10.1 Å². The van der Waals surface area contributed by atoms with E-state index in [-0.39, 0.29) is 5.78 Å². The number of pyridine rings is 1. The first-order chi connectivity index (χ1) is 8.84. The van der Waals surface area contributed by atoms with Crippen LogP contribution in [-0.4, -0.2) is 10.8 Å². The smallest absolute Gasteiger partial charge is 0.170 e. The second-order valence-electron chi connectivity index (χ2n) is 4.07. The Kier molecular flexibility index (Phi) is 2.90. The lowest BCUT2D eigenvalue weighted by Crippen LogP contribution is -2.03. The van der Waals surface area contributed by atoms with Gasteiger partial charge in [-0.2, -0.15) is 0 Å². The van der Waals surface area contributed by atoms with E-state index in [1.165, 1.54) is 0 Å². The van der Waals surface area contributed by atoms with Gasteiger partial charge in [-0.05, 0) is 18.2 Å². The van der Waals surface area contributed by atoms with Crippen LogP contribution in [0.15, 0.2) is 54.0 Å². The molecule has 2 nitrogen and oxygen atoms in total. The van der Waals surface area contributed by atoms with E-state index in [1.807, 2.05) is 47.8 Å². The van der Waals surface area contributed by atoms with E-state index in [2.05, 4.69) is 4.98 Å². The Balaban J connectivity index is 1.93. The van der Waals surface area contributed by atoms with E-state index >= 15 is 0 Å². The Morgan fingerprint density at radius 3 is 2.78 bits per heavy atom. The summed E-state index contributed by atoms with van der Waals surface area (Å²) in [6.45, 7) is 0. The third-order valence-electron chi connectivity index (χ3n) is 2.85. The first-order valence-electron chi connectivity index (χ1n) is 5.74. The molecule has 0 aliphatic carbocycles. The van der Waals surface area contributed by atoms with Gasteiger partial charge >= 0.3 is 0 Å². The number of Topliss-reactive ketones (excluding diaryl/α,β-unsaturated/α-hetero) is 1. The molecule has 0 spiro atoms. The molecule has 18 heavy (non-hydrogen) atoms. The van der Waals surface area contributed by atoms with Crippen LogP contribution >= 0.6 is 11.3 Å². The fourth-order valence-corrected chi connectivity index (χ4v) is 2.92. The largest absolute Gasteiger partial charge is 0.294 e. The van der Waals surface area contributed by atoms with Gasteiger partial charge in [0.2, 0.25) is 0 Å². The normalized spacial score (nSPS) is 10.7. The summed E-state index contributed by atoms with van der Waals surface area (Å²) in [5, 5.41) is 2.99. The van der Waals surface area contributed by atoms with Crippen LogP contribution in [0.2, 0.25) is 0 Å².